The molecule has 0 bridgehead atoms. The number of carbonyl (C=O) groups excluding carboxylic acids is 1. The molecule has 0 saturated carbocycles. The molecular weight excluding hydrogens is 626 g/mol. The maximum absolute atomic E-state index is 13.9. The zero-order chi connectivity index (χ0) is 29.4. The van der Waals surface area contributed by atoms with Gasteiger partial charge in [0.2, 0.25) is 15.9 Å². The van der Waals surface area contributed by atoms with E-state index in [4.69, 9.17) is 9.47 Å². The fourth-order valence-corrected chi connectivity index (χ4v) is 7.45. The highest BCUT2D eigenvalue weighted by Crippen LogP contribution is 2.28. The molecule has 0 N–H and O–H groups in total. The van der Waals surface area contributed by atoms with Crippen molar-refractivity contribution in [1.29, 1.82) is 0 Å². The number of benzene rings is 2. The third-order valence-electron chi connectivity index (χ3n) is 7.40. The van der Waals surface area contributed by atoms with Crippen LogP contribution in [-0.2, 0) is 27.8 Å². The molecule has 3 aromatic rings. The van der Waals surface area contributed by atoms with Crippen LogP contribution in [0.1, 0.15) is 28.8 Å². The van der Waals surface area contributed by atoms with Gasteiger partial charge in [-0.1, -0.05) is 22.0 Å². The average molecular weight is 665 g/mol. The SMILES string of the molecule is COc1ccc(CCN(Cc2sccc2C)C(=O)CN(CCN2CCCC2)S(=O)(=O)c2ccc(Br)cc2)cc1OC. The molecule has 1 fully saturated rings. The van der Waals surface area contributed by atoms with Crippen molar-refractivity contribution in [2.24, 2.45) is 0 Å². The second-order valence-corrected chi connectivity index (χ2v) is 14.0. The molecule has 1 aliphatic heterocycles. The van der Waals surface area contributed by atoms with Gasteiger partial charge in [0, 0.05) is 29.0 Å². The molecule has 0 radical (unpaired) electrons. The van der Waals surface area contributed by atoms with Gasteiger partial charge >= 0.3 is 0 Å². The summed E-state index contributed by atoms with van der Waals surface area (Å²) in [5, 5.41) is 2.02. The van der Waals surface area contributed by atoms with Crippen molar-refractivity contribution in [1.82, 2.24) is 14.1 Å². The van der Waals surface area contributed by atoms with E-state index >= 15 is 0 Å². The van der Waals surface area contributed by atoms with Crippen LogP contribution >= 0.6 is 27.3 Å². The molecule has 0 aliphatic carbocycles. The van der Waals surface area contributed by atoms with Crippen LogP contribution in [0.5, 0.6) is 11.5 Å². The Morgan fingerprint density at radius 3 is 2.34 bits per heavy atom. The number of likely N-dealkylation sites (tertiary alicyclic amines) is 1. The number of methoxy groups -OCH3 is 2. The van der Waals surface area contributed by atoms with Gasteiger partial charge in [-0.3, -0.25) is 4.79 Å². The van der Waals surface area contributed by atoms with Crippen molar-refractivity contribution in [2.75, 3.05) is 53.5 Å². The van der Waals surface area contributed by atoms with E-state index in [1.807, 2.05) is 36.6 Å². The fourth-order valence-electron chi connectivity index (χ4n) is 4.88. The number of amides is 1. The highest BCUT2D eigenvalue weighted by atomic mass is 79.9. The van der Waals surface area contributed by atoms with Crippen LogP contribution in [0.2, 0.25) is 0 Å². The first-order chi connectivity index (χ1) is 19.7. The molecule has 8 nitrogen and oxygen atoms in total. The lowest BCUT2D eigenvalue weighted by Gasteiger charge is -2.28. The van der Waals surface area contributed by atoms with Crippen molar-refractivity contribution in [3.8, 4) is 11.5 Å². The molecule has 1 saturated heterocycles. The fraction of sp³-hybridized carbons (Fsp3) is 0.433. The molecule has 2 aromatic carbocycles. The van der Waals surface area contributed by atoms with Gasteiger partial charge in [0.1, 0.15) is 0 Å². The summed E-state index contributed by atoms with van der Waals surface area (Å²) in [7, 11) is -0.688. The van der Waals surface area contributed by atoms with Gasteiger partial charge in [0.25, 0.3) is 0 Å². The molecular formula is C30H38BrN3O5S2. The largest absolute Gasteiger partial charge is 0.493 e. The van der Waals surface area contributed by atoms with Crippen molar-refractivity contribution >= 4 is 43.2 Å². The van der Waals surface area contributed by atoms with E-state index in [0.29, 0.717) is 37.6 Å². The zero-order valence-corrected chi connectivity index (χ0v) is 27.1. The number of hydrogen-bond donors (Lipinski definition) is 0. The predicted molar refractivity (Wildman–Crippen MR) is 166 cm³/mol. The standard InChI is InChI=1S/C30H38BrN3O5S2/c1-23-13-19-40-29(23)21-33(16-12-24-6-11-27(38-2)28(20-24)39-3)30(35)22-34(18-17-32-14-4-5-15-32)41(36,37)26-9-7-25(31)8-10-26/h6-11,13,19-20H,4-5,12,14-18,21-22H2,1-3H3. The molecule has 1 aromatic heterocycles. The maximum Gasteiger partial charge on any atom is 0.243 e. The van der Waals surface area contributed by atoms with Gasteiger partial charge < -0.3 is 19.3 Å². The topological polar surface area (TPSA) is 79.4 Å². The second kappa shape index (κ2) is 14.6. The molecule has 41 heavy (non-hydrogen) atoms. The van der Waals surface area contributed by atoms with Crippen LogP contribution in [-0.4, -0.2) is 81.9 Å². The molecule has 0 unspecified atom stereocenters. The van der Waals surface area contributed by atoms with Gasteiger partial charge in [0.05, 0.1) is 32.2 Å². The van der Waals surface area contributed by atoms with Crippen LogP contribution < -0.4 is 9.47 Å². The van der Waals surface area contributed by atoms with Crippen molar-refractivity contribution < 1.29 is 22.7 Å². The van der Waals surface area contributed by atoms with Crippen LogP contribution in [0.25, 0.3) is 0 Å². The van der Waals surface area contributed by atoms with E-state index in [2.05, 4.69) is 20.8 Å². The molecule has 11 heteroatoms. The summed E-state index contributed by atoms with van der Waals surface area (Å²) in [6.07, 6.45) is 2.81. The summed E-state index contributed by atoms with van der Waals surface area (Å²) in [5.74, 6) is 1.05. The minimum absolute atomic E-state index is 0.181. The van der Waals surface area contributed by atoms with Crippen LogP contribution in [0, 0.1) is 6.92 Å². The lowest BCUT2D eigenvalue weighted by atomic mass is 10.1. The zero-order valence-electron chi connectivity index (χ0n) is 23.8. The van der Waals surface area contributed by atoms with Gasteiger partial charge in [-0.15, -0.1) is 11.3 Å². The molecule has 1 amide bonds. The number of hydrogen-bond acceptors (Lipinski definition) is 7. The Morgan fingerprint density at radius 2 is 1.71 bits per heavy atom. The van der Waals surface area contributed by atoms with Crippen molar-refractivity contribution in [2.45, 2.75) is 37.6 Å². The normalized spacial score (nSPS) is 14.0. The summed E-state index contributed by atoms with van der Waals surface area (Å²) in [6.45, 7) is 5.43. The summed E-state index contributed by atoms with van der Waals surface area (Å²) >= 11 is 4.99. The highest BCUT2D eigenvalue weighted by Gasteiger charge is 2.29. The summed E-state index contributed by atoms with van der Waals surface area (Å²) in [6, 6.07) is 14.4. The third kappa shape index (κ3) is 8.32. The number of rotatable bonds is 14. The predicted octanol–water partition coefficient (Wildman–Crippen LogP) is 5.19. The Balaban J connectivity index is 1.56. The van der Waals surface area contributed by atoms with Crippen LogP contribution in [0.15, 0.2) is 63.3 Å². The van der Waals surface area contributed by atoms with E-state index in [9.17, 15) is 13.2 Å². The van der Waals surface area contributed by atoms with Crippen molar-refractivity contribution in [3.63, 3.8) is 0 Å². The Hall–Kier alpha value is -2.44. The second-order valence-electron chi connectivity index (χ2n) is 10.1. The Morgan fingerprint density at radius 1 is 1.00 bits per heavy atom. The number of nitrogens with zero attached hydrogens (tertiary/aromatic N) is 3. The molecule has 222 valence electrons. The lowest BCUT2D eigenvalue weighted by Crippen LogP contribution is -2.45. The number of ether oxygens (including phenoxy) is 2. The van der Waals surface area contributed by atoms with Gasteiger partial charge in [-0.25, -0.2) is 8.42 Å². The van der Waals surface area contributed by atoms with Crippen LogP contribution in [0.4, 0.5) is 0 Å². The van der Waals surface area contributed by atoms with E-state index in [0.717, 1.165) is 46.4 Å². The quantitative estimate of drug-likeness (QED) is 0.236. The minimum Gasteiger partial charge on any atom is -0.493 e. The average Bonchev–Trinajstić information content (AvgIpc) is 3.64. The smallest absolute Gasteiger partial charge is 0.243 e. The van der Waals surface area contributed by atoms with Crippen molar-refractivity contribution in [3.05, 3.63) is 74.4 Å². The van der Waals surface area contributed by atoms with E-state index in [-0.39, 0.29) is 23.9 Å². The lowest BCUT2D eigenvalue weighted by molar-refractivity contribution is -0.132. The highest BCUT2D eigenvalue weighted by molar-refractivity contribution is 9.10. The Labute approximate surface area is 256 Å². The Kier molecular flexibility index (Phi) is 11.2. The molecule has 4 rings (SSSR count). The van der Waals surface area contributed by atoms with Gasteiger partial charge in [-0.2, -0.15) is 4.31 Å². The van der Waals surface area contributed by atoms with E-state index < -0.39 is 10.0 Å². The minimum atomic E-state index is -3.88. The summed E-state index contributed by atoms with van der Waals surface area (Å²) in [5.41, 5.74) is 2.11. The number of carbonyl (C=O) groups is 1. The van der Waals surface area contributed by atoms with Gasteiger partial charge in [-0.05, 0) is 98.2 Å². The monoisotopic (exact) mass is 663 g/mol. The molecule has 0 atom stereocenters. The molecule has 0 spiro atoms. The number of thiophene rings is 1. The first kappa shape index (κ1) is 31.5. The number of sulfonamides is 1. The summed E-state index contributed by atoms with van der Waals surface area (Å²) in [4.78, 5) is 19.2. The first-order valence-electron chi connectivity index (χ1n) is 13.7. The van der Waals surface area contributed by atoms with E-state index in [1.165, 1.54) is 4.31 Å². The van der Waals surface area contributed by atoms with Crippen LogP contribution in [0.3, 0.4) is 0 Å². The van der Waals surface area contributed by atoms with E-state index in [1.54, 1.807) is 54.7 Å². The summed E-state index contributed by atoms with van der Waals surface area (Å²) < 4.78 is 40.5. The molecule has 2 heterocycles. The molecule has 1 aliphatic rings. The van der Waals surface area contributed by atoms with Gasteiger partial charge in [0.15, 0.2) is 11.5 Å². The number of halogens is 1. The Bertz CT molecular complexity index is 1410. The first-order valence-corrected chi connectivity index (χ1v) is 16.8. The number of aryl methyl sites for hydroxylation is 1. The third-order valence-corrected chi connectivity index (χ3v) is 10.8. The maximum atomic E-state index is 13.9.